The van der Waals surface area contributed by atoms with E-state index in [1.807, 2.05) is 30.3 Å². The molecule has 0 aliphatic heterocycles. The summed E-state index contributed by atoms with van der Waals surface area (Å²) in [5.74, 6) is -0.820. The Hall–Kier alpha value is -2.17. The van der Waals surface area contributed by atoms with Crippen LogP contribution in [0.15, 0.2) is 36.5 Å². The van der Waals surface area contributed by atoms with Crippen molar-refractivity contribution in [1.82, 2.24) is 15.4 Å². The number of nitrogens with one attached hydrogen (secondary N) is 1. The maximum atomic E-state index is 11.3. The minimum absolute atomic E-state index is 0.391. The highest BCUT2D eigenvalue weighted by Gasteiger charge is 2.20. The van der Waals surface area contributed by atoms with Crippen LogP contribution in [0.2, 0.25) is 0 Å². The maximum Gasteiger partial charge on any atom is 0.227 e. The molecule has 0 aliphatic carbocycles. The molecule has 1 atom stereocenters. The van der Waals surface area contributed by atoms with Gasteiger partial charge in [0, 0.05) is 6.20 Å². The number of nitrogens with two attached hydrogens (primary N) is 1. The van der Waals surface area contributed by atoms with Crippen LogP contribution in [0.4, 0.5) is 0 Å². The molecule has 0 aliphatic rings. The molecule has 0 saturated heterocycles. The standard InChI is InChI=1S/C11H12N4O/c12-11(16)9(10-7-13-15-14-10)6-8-4-2-1-3-5-8/h1-5,7,9H,6H2,(H2,12,16)(H,13,14,15). The van der Waals surface area contributed by atoms with Crippen LogP contribution < -0.4 is 5.73 Å². The summed E-state index contributed by atoms with van der Waals surface area (Å²) >= 11 is 0. The van der Waals surface area contributed by atoms with Gasteiger partial charge in [0.05, 0.1) is 11.6 Å². The highest BCUT2D eigenvalue weighted by atomic mass is 16.1. The van der Waals surface area contributed by atoms with Crippen LogP contribution in [0, 0.1) is 0 Å². The molecular formula is C11H12N4O. The van der Waals surface area contributed by atoms with Crippen LogP contribution in [0.25, 0.3) is 0 Å². The van der Waals surface area contributed by atoms with Gasteiger partial charge in [-0.3, -0.25) is 9.89 Å². The number of carbonyl (C=O) groups excluding carboxylic acids is 1. The third-order valence-electron chi connectivity index (χ3n) is 2.42. The van der Waals surface area contributed by atoms with Crippen LogP contribution in [0.5, 0.6) is 0 Å². The predicted octanol–water partition coefficient (Wildman–Crippen LogP) is 0.616. The van der Waals surface area contributed by atoms with Crippen LogP contribution in [0.3, 0.4) is 0 Å². The van der Waals surface area contributed by atoms with E-state index >= 15 is 0 Å². The molecule has 0 fully saturated rings. The summed E-state index contributed by atoms with van der Waals surface area (Å²) in [4.78, 5) is 11.3. The molecule has 2 rings (SSSR count). The van der Waals surface area contributed by atoms with E-state index in [1.165, 1.54) is 0 Å². The lowest BCUT2D eigenvalue weighted by Gasteiger charge is -2.09. The Morgan fingerprint density at radius 2 is 2.12 bits per heavy atom. The first-order chi connectivity index (χ1) is 7.77. The highest BCUT2D eigenvalue weighted by molar-refractivity contribution is 5.81. The van der Waals surface area contributed by atoms with Crippen molar-refractivity contribution in [3.8, 4) is 0 Å². The molecule has 16 heavy (non-hydrogen) atoms. The van der Waals surface area contributed by atoms with Crippen molar-refractivity contribution in [2.24, 2.45) is 5.73 Å². The summed E-state index contributed by atoms with van der Waals surface area (Å²) in [5.41, 5.74) is 6.99. The number of rotatable bonds is 4. The van der Waals surface area contributed by atoms with Crippen LogP contribution >= 0.6 is 0 Å². The molecule has 1 aromatic heterocycles. The number of aromatic nitrogens is 3. The first kappa shape index (κ1) is 10.4. The largest absolute Gasteiger partial charge is 0.369 e. The molecule has 5 heteroatoms. The zero-order chi connectivity index (χ0) is 11.4. The van der Waals surface area contributed by atoms with Gasteiger partial charge in [0.15, 0.2) is 0 Å². The number of H-pyrrole nitrogens is 1. The number of aromatic amines is 1. The normalized spacial score (nSPS) is 12.2. The van der Waals surface area contributed by atoms with E-state index < -0.39 is 11.8 Å². The molecule has 2 aromatic rings. The van der Waals surface area contributed by atoms with E-state index in [2.05, 4.69) is 15.4 Å². The lowest BCUT2D eigenvalue weighted by Crippen LogP contribution is -2.23. The van der Waals surface area contributed by atoms with Gasteiger partial charge in [-0.1, -0.05) is 35.5 Å². The van der Waals surface area contributed by atoms with E-state index in [0.29, 0.717) is 12.1 Å². The zero-order valence-electron chi connectivity index (χ0n) is 8.63. The summed E-state index contributed by atoms with van der Waals surface area (Å²) in [6.45, 7) is 0. The average Bonchev–Trinajstić information content (AvgIpc) is 2.80. The highest BCUT2D eigenvalue weighted by Crippen LogP contribution is 2.17. The minimum Gasteiger partial charge on any atom is -0.369 e. The van der Waals surface area contributed by atoms with Crippen molar-refractivity contribution in [1.29, 1.82) is 0 Å². The molecular weight excluding hydrogens is 204 g/mol. The van der Waals surface area contributed by atoms with Gasteiger partial charge in [0.25, 0.3) is 0 Å². The molecule has 1 aromatic carbocycles. The fraction of sp³-hybridized carbons (Fsp3) is 0.182. The van der Waals surface area contributed by atoms with Gasteiger partial charge < -0.3 is 5.73 Å². The summed E-state index contributed by atoms with van der Waals surface area (Å²) in [6.07, 6.45) is 2.14. The van der Waals surface area contributed by atoms with Crippen LogP contribution in [-0.2, 0) is 11.2 Å². The number of hydrogen-bond acceptors (Lipinski definition) is 3. The van der Waals surface area contributed by atoms with Crippen LogP contribution in [-0.4, -0.2) is 21.3 Å². The Labute approximate surface area is 92.7 Å². The second-order valence-electron chi connectivity index (χ2n) is 3.54. The Kier molecular flexibility index (Phi) is 2.95. The van der Waals surface area contributed by atoms with E-state index in [0.717, 1.165) is 5.56 Å². The lowest BCUT2D eigenvalue weighted by molar-refractivity contribution is -0.119. The van der Waals surface area contributed by atoms with Crippen LogP contribution in [0.1, 0.15) is 17.2 Å². The Morgan fingerprint density at radius 1 is 1.38 bits per heavy atom. The Balaban J connectivity index is 2.19. The summed E-state index contributed by atoms with van der Waals surface area (Å²) in [7, 11) is 0. The first-order valence-electron chi connectivity index (χ1n) is 4.97. The van der Waals surface area contributed by atoms with Crippen molar-refractivity contribution in [2.45, 2.75) is 12.3 Å². The third kappa shape index (κ3) is 2.25. The maximum absolute atomic E-state index is 11.3. The summed E-state index contributed by atoms with van der Waals surface area (Å²) in [6, 6.07) is 9.69. The van der Waals surface area contributed by atoms with Crippen molar-refractivity contribution >= 4 is 5.91 Å². The Bertz CT molecular complexity index is 452. The van der Waals surface area contributed by atoms with Gasteiger partial charge >= 0.3 is 0 Å². The molecule has 1 amide bonds. The van der Waals surface area contributed by atoms with Gasteiger partial charge in [-0.2, -0.15) is 0 Å². The van der Waals surface area contributed by atoms with E-state index in [9.17, 15) is 4.79 Å². The fourth-order valence-electron chi connectivity index (χ4n) is 1.58. The zero-order valence-corrected chi connectivity index (χ0v) is 8.63. The monoisotopic (exact) mass is 216 g/mol. The van der Waals surface area contributed by atoms with E-state index in [1.54, 1.807) is 6.20 Å². The van der Waals surface area contributed by atoms with Gasteiger partial charge in [-0.25, -0.2) is 0 Å². The smallest absolute Gasteiger partial charge is 0.227 e. The van der Waals surface area contributed by atoms with Crippen molar-refractivity contribution < 1.29 is 4.79 Å². The molecule has 1 heterocycles. The lowest BCUT2D eigenvalue weighted by atomic mass is 9.96. The number of nitrogens with zero attached hydrogens (tertiary/aromatic N) is 2. The van der Waals surface area contributed by atoms with Crippen molar-refractivity contribution in [2.75, 3.05) is 0 Å². The molecule has 0 spiro atoms. The number of hydrogen-bond donors (Lipinski definition) is 2. The van der Waals surface area contributed by atoms with Gasteiger partial charge in [-0.05, 0) is 12.0 Å². The number of amides is 1. The SMILES string of the molecule is NC(=O)C(Cc1ccccc1)c1c[nH]nn1. The topological polar surface area (TPSA) is 84.7 Å². The molecule has 0 bridgehead atoms. The second-order valence-corrected chi connectivity index (χ2v) is 3.54. The van der Waals surface area contributed by atoms with Crippen molar-refractivity contribution in [3.05, 3.63) is 47.8 Å². The van der Waals surface area contributed by atoms with Gasteiger partial charge in [0.2, 0.25) is 5.91 Å². The molecule has 3 N–H and O–H groups in total. The van der Waals surface area contributed by atoms with E-state index in [4.69, 9.17) is 5.73 Å². The molecule has 5 nitrogen and oxygen atoms in total. The molecule has 1 unspecified atom stereocenters. The molecule has 0 saturated carbocycles. The molecule has 0 radical (unpaired) electrons. The second kappa shape index (κ2) is 4.57. The van der Waals surface area contributed by atoms with Gasteiger partial charge in [0.1, 0.15) is 0 Å². The number of benzene rings is 1. The number of carbonyl (C=O) groups is 1. The average molecular weight is 216 g/mol. The minimum atomic E-state index is -0.429. The summed E-state index contributed by atoms with van der Waals surface area (Å²) in [5, 5.41) is 9.99. The Morgan fingerprint density at radius 3 is 2.69 bits per heavy atom. The first-order valence-corrected chi connectivity index (χ1v) is 4.97. The number of primary amides is 1. The molecule has 82 valence electrons. The van der Waals surface area contributed by atoms with Crippen molar-refractivity contribution in [3.63, 3.8) is 0 Å². The summed E-state index contributed by atoms with van der Waals surface area (Å²) < 4.78 is 0. The van der Waals surface area contributed by atoms with E-state index in [-0.39, 0.29) is 0 Å². The third-order valence-corrected chi connectivity index (χ3v) is 2.42. The fourth-order valence-corrected chi connectivity index (χ4v) is 1.58. The predicted molar refractivity (Wildman–Crippen MR) is 58.5 cm³/mol. The van der Waals surface area contributed by atoms with Gasteiger partial charge in [-0.15, -0.1) is 5.10 Å². The quantitative estimate of drug-likeness (QED) is 0.785.